The van der Waals surface area contributed by atoms with Crippen LogP contribution in [0.3, 0.4) is 0 Å². The molecule has 30 heavy (non-hydrogen) atoms. The molecule has 8 nitrogen and oxygen atoms in total. The minimum atomic E-state index is -0.527. The van der Waals surface area contributed by atoms with Gasteiger partial charge in [0.15, 0.2) is 11.6 Å². The topological polar surface area (TPSA) is 99.0 Å². The summed E-state index contributed by atoms with van der Waals surface area (Å²) in [5.74, 6) is -0.556. The molecule has 0 aliphatic heterocycles. The van der Waals surface area contributed by atoms with Crippen molar-refractivity contribution in [3.63, 3.8) is 0 Å². The third-order valence-corrected chi connectivity index (χ3v) is 4.76. The van der Waals surface area contributed by atoms with Gasteiger partial charge in [-0.2, -0.15) is 9.97 Å². The number of nitrogens with one attached hydrogen (secondary N) is 1. The molecule has 0 atom stereocenters. The number of hydrogen-bond acceptors (Lipinski definition) is 6. The van der Waals surface area contributed by atoms with Gasteiger partial charge >= 0.3 is 6.01 Å². The maximum absolute atomic E-state index is 13.8. The molecule has 3 aromatic rings. The highest BCUT2D eigenvalue weighted by Gasteiger charge is 2.25. The minimum Gasteiger partial charge on any atom is -0.421 e. The molecule has 1 N–H and O–H groups in total. The first-order valence-corrected chi connectivity index (χ1v) is 9.54. The molecule has 0 unspecified atom stereocenters. The predicted molar refractivity (Wildman–Crippen MR) is 107 cm³/mol. The monoisotopic (exact) mass is 409 g/mol. The first-order chi connectivity index (χ1) is 14.4. The van der Waals surface area contributed by atoms with Gasteiger partial charge in [-0.3, -0.25) is 14.2 Å². The fourth-order valence-electron chi connectivity index (χ4n) is 3.03. The van der Waals surface area contributed by atoms with E-state index in [1.165, 1.54) is 29.1 Å². The molecular weight excluding hydrogens is 389 g/mol. The molecule has 0 spiro atoms. The maximum Gasteiger partial charge on any atom is 0.322 e. The number of ether oxygens (including phenoxy) is 1. The van der Waals surface area contributed by atoms with Crippen LogP contribution in [0, 0.1) is 19.7 Å². The summed E-state index contributed by atoms with van der Waals surface area (Å²) in [6, 6.07) is 7.40. The quantitative estimate of drug-likeness (QED) is 0.672. The Balaban J connectivity index is 1.47. The number of rotatable bonds is 6. The Bertz CT molecular complexity index is 1150. The van der Waals surface area contributed by atoms with E-state index in [1.807, 2.05) is 0 Å². The largest absolute Gasteiger partial charge is 0.421 e. The molecule has 1 saturated carbocycles. The molecule has 1 aliphatic carbocycles. The van der Waals surface area contributed by atoms with Crippen LogP contribution in [0.1, 0.15) is 35.8 Å². The first kappa shape index (κ1) is 19.7. The van der Waals surface area contributed by atoms with Crippen molar-refractivity contribution in [2.45, 2.75) is 39.2 Å². The van der Waals surface area contributed by atoms with Gasteiger partial charge in [0.1, 0.15) is 6.54 Å². The number of benzene rings is 1. The van der Waals surface area contributed by atoms with Crippen LogP contribution in [0.2, 0.25) is 0 Å². The molecule has 0 radical (unpaired) electrons. The van der Waals surface area contributed by atoms with Gasteiger partial charge in [-0.05, 0) is 38.8 Å². The van der Waals surface area contributed by atoms with Crippen LogP contribution in [0.25, 0.3) is 0 Å². The lowest BCUT2D eigenvalue weighted by Crippen LogP contribution is -2.28. The van der Waals surface area contributed by atoms with Crippen LogP contribution in [0.5, 0.6) is 11.8 Å². The molecular formula is C21H20FN5O3. The van der Waals surface area contributed by atoms with Crippen molar-refractivity contribution in [2.75, 3.05) is 5.32 Å². The van der Waals surface area contributed by atoms with Crippen LogP contribution in [-0.2, 0) is 11.3 Å². The maximum atomic E-state index is 13.8. The third kappa shape index (κ3) is 4.35. The molecule has 1 aliphatic rings. The number of hydrogen-bond donors (Lipinski definition) is 1. The SMILES string of the molecule is Cc1nc(Oc2ccccc2F)nc(C)c1NC(=O)Cn1cnc(C2CC2)cc1=O. The van der Waals surface area contributed by atoms with Crippen LogP contribution in [0.4, 0.5) is 10.1 Å². The number of anilines is 1. The molecule has 4 rings (SSSR count). The Labute approximate surface area is 171 Å². The Kier molecular flexibility index (Phi) is 5.26. The smallest absolute Gasteiger partial charge is 0.322 e. The van der Waals surface area contributed by atoms with Crippen LogP contribution >= 0.6 is 0 Å². The molecule has 0 saturated heterocycles. The minimum absolute atomic E-state index is 0.00889. The highest BCUT2D eigenvalue weighted by Crippen LogP contribution is 2.38. The molecule has 2 heterocycles. The van der Waals surface area contributed by atoms with E-state index < -0.39 is 11.7 Å². The van der Waals surface area contributed by atoms with E-state index in [2.05, 4.69) is 20.3 Å². The summed E-state index contributed by atoms with van der Waals surface area (Å²) in [5.41, 5.74) is 1.84. The highest BCUT2D eigenvalue weighted by atomic mass is 19.1. The van der Waals surface area contributed by atoms with E-state index in [0.717, 1.165) is 18.5 Å². The fourth-order valence-corrected chi connectivity index (χ4v) is 3.03. The first-order valence-electron chi connectivity index (χ1n) is 9.54. The van der Waals surface area contributed by atoms with Crippen LogP contribution in [0.15, 0.2) is 41.5 Å². The van der Waals surface area contributed by atoms with Gasteiger partial charge in [-0.25, -0.2) is 9.37 Å². The van der Waals surface area contributed by atoms with E-state index in [-0.39, 0.29) is 23.9 Å². The summed E-state index contributed by atoms with van der Waals surface area (Å²) < 4.78 is 20.4. The van der Waals surface area contributed by atoms with Crippen LogP contribution < -0.4 is 15.6 Å². The molecule has 0 bridgehead atoms. The summed E-state index contributed by atoms with van der Waals surface area (Å²) in [7, 11) is 0. The second-order valence-electron chi connectivity index (χ2n) is 7.19. The van der Waals surface area contributed by atoms with Gasteiger partial charge in [0, 0.05) is 12.0 Å². The zero-order chi connectivity index (χ0) is 21.3. The second kappa shape index (κ2) is 8.02. The summed E-state index contributed by atoms with van der Waals surface area (Å²) in [6.07, 6.45) is 3.50. The van der Waals surface area contributed by atoms with Gasteiger partial charge in [0.2, 0.25) is 5.91 Å². The van der Waals surface area contributed by atoms with E-state index in [0.29, 0.717) is 23.0 Å². The summed E-state index contributed by atoms with van der Waals surface area (Å²) in [4.78, 5) is 37.3. The average Bonchev–Trinajstić information content (AvgIpc) is 3.53. The van der Waals surface area contributed by atoms with Gasteiger partial charge in [-0.1, -0.05) is 12.1 Å². The van der Waals surface area contributed by atoms with Crippen molar-refractivity contribution in [3.05, 3.63) is 69.9 Å². The van der Waals surface area contributed by atoms with E-state index >= 15 is 0 Å². The zero-order valence-electron chi connectivity index (χ0n) is 16.6. The number of para-hydroxylation sites is 1. The number of aromatic nitrogens is 4. The molecule has 1 aromatic carbocycles. The normalized spacial score (nSPS) is 13.2. The number of aryl methyl sites for hydroxylation is 2. The average molecular weight is 409 g/mol. The van der Waals surface area contributed by atoms with Crippen molar-refractivity contribution in [1.82, 2.24) is 19.5 Å². The Morgan fingerprint density at radius 3 is 2.57 bits per heavy atom. The van der Waals surface area contributed by atoms with Gasteiger partial charge in [0.05, 0.1) is 29.1 Å². The summed E-state index contributed by atoms with van der Waals surface area (Å²) in [6.45, 7) is 3.18. The van der Waals surface area contributed by atoms with E-state index in [1.54, 1.807) is 26.0 Å². The number of nitrogens with zero attached hydrogens (tertiary/aromatic N) is 4. The van der Waals surface area contributed by atoms with Crippen molar-refractivity contribution in [2.24, 2.45) is 0 Å². The van der Waals surface area contributed by atoms with Gasteiger partial charge < -0.3 is 10.1 Å². The molecule has 2 aromatic heterocycles. The highest BCUT2D eigenvalue weighted by molar-refractivity contribution is 5.91. The lowest BCUT2D eigenvalue weighted by atomic mass is 10.2. The van der Waals surface area contributed by atoms with Crippen LogP contribution in [-0.4, -0.2) is 25.4 Å². The van der Waals surface area contributed by atoms with Crippen molar-refractivity contribution >= 4 is 11.6 Å². The standard InChI is InChI=1S/C21H20FN5O3/c1-12-20(13(2)25-21(24-12)30-17-6-4-3-5-15(17)22)26-18(28)10-27-11-23-16(9-19(27)29)14-7-8-14/h3-6,9,11,14H,7-8,10H2,1-2H3,(H,26,28). The Hall–Kier alpha value is -3.62. The van der Waals surface area contributed by atoms with Crippen molar-refractivity contribution < 1.29 is 13.9 Å². The lowest BCUT2D eigenvalue weighted by Gasteiger charge is -2.13. The summed E-state index contributed by atoms with van der Waals surface area (Å²) >= 11 is 0. The molecule has 154 valence electrons. The molecule has 9 heteroatoms. The Morgan fingerprint density at radius 2 is 1.93 bits per heavy atom. The number of halogens is 1. The summed E-state index contributed by atoms with van der Waals surface area (Å²) in [5, 5.41) is 2.73. The van der Waals surface area contributed by atoms with Gasteiger partial charge in [0.25, 0.3) is 5.56 Å². The second-order valence-corrected chi connectivity index (χ2v) is 7.19. The number of amides is 1. The Morgan fingerprint density at radius 1 is 1.23 bits per heavy atom. The lowest BCUT2D eigenvalue weighted by molar-refractivity contribution is -0.116. The molecule has 1 amide bonds. The fraction of sp³-hybridized carbons (Fsp3) is 0.286. The predicted octanol–water partition coefficient (Wildman–Crippen LogP) is 3.10. The van der Waals surface area contributed by atoms with E-state index in [9.17, 15) is 14.0 Å². The van der Waals surface area contributed by atoms with Crippen molar-refractivity contribution in [1.29, 1.82) is 0 Å². The third-order valence-electron chi connectivity index (χ3n) is 4.76. The van der Waals surface area contributed by atoms with Gasteiger partial charge in [-0.15, -0.1) is 0 Å². The molecule has 1 fully saturated rings. The zero-order valence-corrected chi connectivity index (χ0v) is 16.6. The number of carbonyl (C=O) groups is 1. The van der Waals surface area contributed by atoms with E-state index in [4.69, 9.17) is 4.74 Å². The van der Waals surface area contributed by atoms with Crippen molar-refractivity contribution in [3.8, 4) is 11.8 Å². The number of carbonyl (C=O) groups excluding carboxylic acids is 1.